The molecule has 1 aromatic carbocycles. The molecule has 0 aliphatic carbocycles. The standard InChI is InChI=1S/C25H37N3O6/c1-15(2)18(13-20(27-28-26)22-14-19(16(3)4)25(30)34-22)24(29)17-8-9-21(32-6)23(12-17)33-11-7-10-31-5/h8-9,12,15-16,18-20,22H,7,10-11,13-14H2,1-6H3/t18-,19-,20-,22+/m0/s1. The monoisotopic (exact) mass is 475 g/mol. The molecule has 188 valence electrons. The quantitative estimate of drug-likeness (QED) is 0.0908. The van der Waals surface area contributed by atoms with E-state index in [9.17, 15) is 9.59 Å². The lowest BCUT2D eigenvalue weighted by atomic mass is 9.81. The first-order chi connectivity index (χ1) is 16.2. The first-order valence-electron chi connectivity index (χ1n) is 11.8. The molecule has 1 saturated heterocycles. The molecule has 0 unspecified atom stereocenters. The predicted molar refractivity (Wildman–Crippen MR) is 128 cm³/mol. The van der Waals surface area contributed by atoms with Crippen LogP contribution in [0, 0.1) is 23.7 Å². The molecule has 34 heavy (non-hydrogen) atoms. The van der Waals surface area contributed by atoms with Crippen LogP contribution in [0.15, 0.2) is 23.3 Å². The first-order valence-corrected chi connectivity index (χ1v) is 11.8. The fourth-order valence-electron chi connectivity index (χ4n) is 4.24. The first kappa shape index (κ1) is 27.5. The van der Waals surface area contributed by atoms with Crippen molar-refractivity contribution in [2.45, 2.75) is 59.1 Å². The van der Waals surface area contributed by atoms with E-state index < -0.39 is 18.1 Å². The summed E-state index contributed by atoms with van der Waals surface area (Å²) >= 11 is 0. The van der Waals surface area contributed by atoms with Crippen LogP contribution in [0.4, 0.5) is 0 Å². The highest BCUT2D eigenvalue weighted by Crippen LogP contribution is 2.35. The van der Waals surface area contributed by atoms with Gasteiger partial charge < -0.3 is 18.9 Å². The van der Waals surface area contributed by atoms with E-state index in [1.807, 2.05) is 27.7 Å². The summed E-state index contributed by atoms with van der Waals surface area (Å²) in [6, 6.07) is 4.51. The Morgan fingerprint density at radius 3 is 2.50 bits per heavy atom. The Hall–Kier alpha value is -2.77. The van der Waals surface area contributed by atoms with Crippen LogP contribution in [0.3, 0.4) is 0 Å². The molecule has 0 N–H and O–H groups in total. The predicted octanol–water partition coefficient (Wildman–Crippen LogP) is 5.22. The molecule has 2 rings (SSSR count). The summed E-state index contributed by atoms with van der Waals surface area (Å²) in [5.41, 5.74) is 9.64. The van der Waals surface area contributed by atoms with Crippen molar-refractivity contribution in [1.29, 1.82) is 0 Å². The summed E-state index contributed by atoms with van der Waals surface area (Å²) in [6.07, 6.45) is 0.957. The van der Waals surface area contributed by atoms with Crippen molar-refractivity contribution in [3.63, 3.8) is 0 Å². The summed E-state index contributed by atoms with van der Waals surface area (Å²) in [7, 11) is 3.18. The molecule has 1 fully saturated rings. The average Bonchev–Trinajstić information content (AvgIpc) is 3.20. The van der Waals surface area contributed by atoms with Gasteiger partial charge in [-0.15, -0.1) is 0 Å². The number of azide groups is 1. The lowest BCUT2D eigenvalue weighted by Crippen LogP contribution is -2.31. The molecule has 1 aromatic rings. The number of hydrogen-bond acceptors (Lipinski definition) is 7. The van der Waals surface area contributed by atoms with E-state index in [-0.39, 0.29) is 29.5 Å². The number of benzene rings is 1. The molecule has 0 spiro atoms. The summed E-state index contributed by atoms with van der Waals surface area (Å²) in [4.78, 5) is 28.8. The Balaban J connectivity index is 2.23. The molecular formula is C25H37N3O6. The van der Waals surface area contributed by atoms with Crippen LogP contribution in [0.1, 0.15) is 57.3 Å². The minimum absolute atomic E-state index is 0.0185. The third-order valence-electron chi connectivity index (χ3n) is 6.33. The number of carbonyl (C=O) groups excluding carboxylic acids is 2. The number of methoxy groups -OCH3 is 2. The van der Waals surface area contributed by atoms with Crippen molar-refractivity contribution in [2.75, 3.05) is 27.4 Å². The largest absolute Gasteiger partial charge is 0.493 e. The van der Waals surface area contributed by atoms with Crippen LogP contribution in [0.5, 0.6) is 11.5 Å². The molecule has 4 atom stereocenters. The van der Waals surface area contributed by atoms with Crippen LogP contribution in [-0.2, 0) is 14.3 Å². The summed E-state index contributed by atoms with van der Waals surface area (Å²) in [6.45, 7) is 8.85. The van der Waals surface area contributed by atoms with Crippen LogP contribution >= 0.6 is 0 Å². The van der Waals surface area contributed by atoms with Gasteiger partial charge in [0, 0.05) is 36.5 Å². The average molecular weight is 476 g/mol. The highest BCUT2D eigenvalue weighted by atomic mass is 16.6. The van der Waals surface area contributed by atoms with Gasteiger partial charge in [-0.2, -0.15) is 0 Å². The third kappa shape index (κ3) is 7.11. The van der Waals surface area contributed by atoms with E-state index in [1.54, 1.807) is 32.4 Å². The Labute approximate surface area is 201 Å². The number of cyclic esters (lactones) is 1. The molecule has 0 saturated carbocycles. The minimum Gasteiger partial charge on any atom is -0.493 e. The molecule has 9 heteroatoms. The van der Waals surface area contributed by atoms with Crippen LogP contribution in [0.2, 0.25) is 0 Å². The third-order valence-corrected chi connectivity index (χ3v) is 6.33. The van der Waals surface area contributed by atoms with E-state index >= 15 is 0 Å². The Bertz CT molecular complexity index is 881. The number of Topliss-reactive ketones (excluding diaryl/α,β-unsaturated/α-hetero) is 1. The number of ketones is 1. The molecular weight excluding hydrogens is 438 g/mol. The number of esters is 1. The zero-order chi connectivity index (χ0) is 25.3. The Morgan fingerprint density at radius 1 is 1.21 bits per heavy atom. The molecule has 1 aliphatic rings. The fraction of sp³-hybridized carbons (Fsp3) is 0.680. The molecule has 0 amide bonds. The van der Waals surface area contributed by atoms with E-state index in [2.05, 4.69) is 10.0 Å². The number of ether oxygens (including phenoxy) is 4. The maximum absolute atomic E-state index is 13.5. The highest BCUT2D eigenvalue weighted by molar-refractivity contribution is 5.98. The second kappa shape index (κ2) is 13.2. The number of carbonyl (C=O) groups is 2. The van der Waals surface area contributed by atoms with Gasteiger partial charge in [0.1, 0.15) is 6.10 Å². The van der Waals surface area contributed by atoms with Crippen molar-refractivity contribution in [3.05, 3.63) is 34.2 Å². The SMILES string of the molecule is COCCCOc1cc(C(=O)[C@@H](C[C@H](N=[N+]=[N-])[C@H]2C[C@@H](C(C)C)C(=O)O2)C(C)C)ccc1OC. The lowest BCUT2D eigenvalue weighted by molar-refractivity contribution is -0.145. The molecule has 0 radical (unpaired) electrons. The topological polar surface area (TPSA) is 120 Å². The van der Waals surface area contributed by atoms with Gasteiger partial charge >= 0.3 is 5.97 Å². The molecule has 9 nitrogen and oxygen atoms in total. The maximum atomic E-state index is 13.5. The van der Waals surface area contributed by atoms with Crippen molar-refractivity contribution in [1.82, 2.24) is 0 Å². The van der Waals surface area contributed by atoms with Gasteiger partial charge in [0.25, 0.3) is 0 Å². The van der Waals surface area contributed by atoms with Crippen molar-refractivity contribution in [3.8, 4) is 11.5 Å². The van der Waals surface area contributed by atoms with E-state index in [0.29, 0.717) is 49.5 Å². The van der Waals surface area contributed by atoms with Gasteiger partial charge in [0.15, 0.2) is 17.3 Å². The zero-order valence-electron chi connectivity index (χ0n) is 21.0. The summed E-state index contributed by atoms with van der Waals surface area (Å²) in [5, 5.41) is 3.93. The van der Waals surface area contributed by atoms with Gasteiger partial charge in [-0.3, -0.25) is 9.59 Å². The molecule has 0 aromatic heterocycles. The second-order valence-electron chi connectivity index (χ2n) is 9.34. The minimum atomic E-state index is -0.614. The van der Waals surface area contributed by atoms with E-state index in [4.69, 9.17) is 24.5 Å². The van der Waals surface area contributed by atoms with Gasteiger partial charge in [-0.05, 0) is 48.4 Å². The lowest BCUT2D eigenvalue weighted by Gasteiger charge is -2.26. The number of nitrogens with zero attached hydrogens (tertiary/aromatic N) is 3. The Morgan fingerprint density at radius 2 is 1.94 bits per heavy atom. The molecule has 1 aliphatic heterocycles. The van der Waals surface area contributed by atoms with Gasteiger partial charge in [0.2, 0.25) is 0 Å². The molecule has 1 heterocycles. The normalized spacial score (nSPS) is 19.5. The van der Waals surface area contributed by atoms with E-state index in [1.165, 1.54) is 0 Å². The number of hydrogen-bond donors (Lipinski definition) is 0. The smallest absolute Gasteiger partial charge is 0.309 e. The zero-order valence-corrected chi connectivity index (χ0v) is 21.0. The summed E-state index contributed by atoms with van der Waals surface area (Å²) < 4.78 is 21.8. The van der Waals surface area contributed by atoms with Crippen LogP contribution < -0.4 is 9.47 Å². The Kier molecular flexibility index (Phi) is 10.7. The van der Waals surface area contributed by atoms with Crippen LogP contribution in [0.25, 0.3) is 10.4 Å². The van der Waals surface area contributed by atoms with Crippen molar-refractivity contribution in [2.24, 2.45) is 28.8 Å². The highest BCUT2D eigenvalue weighted by Gasteiger charge is 2.41. The van der Waals surface area contributed by atoms with Crippen molar-refractivity contribution >= 4 is 11.8 Å². The van der Waals surface area contributed by atoms with Crippen LogP contribution in [-0.4, -0.2) is 51.3 Å². The molecule has 0 bridgehead atoms. The van der Waals surface area contributed by atoms with Gasteiger partial charge in [-0.1, -0.05) is 32.8 Å². The van der Waals surface area contributed by atoms with Crippen molar-refractivity contribution < 1.29 is 28.5 Å². The van der Waals surface area contributed by atoms with Gasteiger partial charge in [0.05, 0.1) is 25.7 Å². The maximum Gasteiger partial charge on any atom is 0.309 e. The van der Waals surface area contributed by atoms with Gasteiger partial charge in [-0.25, -0.2) is 0 Å². The summed E-state index contributed by atoms with van der Waals surface area (Å²) in [5.74, 6) is 0.139. The number of rotatable bonds is 14. The van der Waals surface area contributed by atoms with E-state index in [0.717, 1.165) is 0 Å². The fourth-order valence-corrected chi connectivity index (χ4v) is 4.24. The second-order valence-corrected chi connectivity index (χ2v) is 9.34.